The Morgan fingerprint density at radius 2 is 2.12 bits per heavy atom. The number of aromatic nitrogens is 7. The van der Waals surface area contributed by atoms with Crippen molar-refractivity contribution in [2.45, 2.75) is 38.5 Å². The van der Waals surface area contributed by atoms with Crippen LogP contribution >= 0.6 is 11.3 Å². The second-order valence-electron chi connectivity index (χ2n) is 8.74. The quantitative estimate of drug-likeness (QED) is 0.397. The highest BCUT2D eigenvalue weighted by molar-refractivity contribution is 7.15. The molecule has 4 aromatic heterocycles. The van der Waals surface area contributed by atoms with Gasteiger partial charge in [-0.25, -0.2) is 4.98 Å². The van der Waals surface area contributed by atoms with E-state index in [2.05, 4.69) is 30.6 Å². The largest absolute Gasteiger partial charge is 0.389 e. The van der Waals surface area contributed by atoms with Crippen LogP contribution in [-0.2, 0) is 4.79 Å². The minimum atomic E-state index is -1.11. The normalized spacial score (nSPS) is 28.3. The lowest BCUT2D eigenvalue weighted by molar-refractivity contribution is -0.128. The summed E-state index contributed by atoms with van der Waals surface area (Å²) < 4.78 is 3.25. The molecule has 4 heterocycles. The van der Waals surface area contributed by atoms with Gasteiger partial charge in [0.1, 0.15) is 17.6 Å². The summed E-state index contributed by atoms with van der Waals surface area (Å²) in [4.78, 5) is 28.1. The third-order valence-electron chi connectivity index (χ3n) is 6.99. The molecule has 33 heavy (non-hydrogen) atoms. The van der Waals surface area contributed by atoms with Crippen LogP contribution in [0.5, 0.6) is 0 Å². The molecule has 0 aromatic carbocycles. The molecule has 0 amide bonds. The number of hydrogen-bond donors (Lipinski definition) is 3. The highest BCUT2D eigenvalue weighted by Crippen LogP contribution is 2.68. The number of nitrogens with one attached hydrogen (secondary N) is 1. The smallest absolute Gasteiger partial charge is 0.256 e. The maximum Gasteiger partial charge on any atom is 0.256 e. The Hall–Kier alpha value is -3.22. The molecule has 2 saturated carbocycles. The van der Waals surface area contributed by atoms with Crippen molar-refractivity contribution < 1.29 is 15.0 Å². The van der Waals surface area contributed by atoms with Gasteiger partial charge in [-0.3, -0.25) is 4.79 Å². The molecular weight excluding hydrogens is 444 g/mol. The van der Waals surface area contributed by atoms with Crippen molar-refractivity contribution >= 4 is 34.1 Å². The summed E-state index contributed by atoms with van der Waals surface area (Å²) in [6, 6.07) is 3.51. The van der Waals surface area contributed by atoms with E-state index in [9.17, 15) is 15.0 Å². The Labute approximate surface area is 192 Å². The fraction of sp³-hybridized carbons (Fsp3) is 0.429. The summed E-state index contributed by atoms with van der Waals surface area (Å²) in [5.74, 6) is 0.520. The lowest BCUT2D eigenvalue weighted by Crippen LogP contribution is -2.36. The number of fused-ring (bicyclic) bond motifs is 2. The highest BCUT2D eigenvalue weighted by Gasteiger charge is 2.74. The molecule has 6 rings (SSSR count). The van der Waals surface area contributed by atoms with Crippen molar-refractivity contribution in [2.75, 3.05) is 12.4 Å². The van der Waals surface area contributed by atoms with E-state index in [-0.39, 0.29) is 11.7 Å². The van der Waals surface area contributed by atoms with Crippen molar-refractivity contribution in [1.82, 2.24) is 34.5 Å². The summed E-state index contributed by atoms with van der Waals surface area (Å²) >= 11 is 1.63. The van der Waals surface area contributed by atoms with E-state index in [1.165, 1.54) is 16.5 Å². The van der Waals surface area contributed by atoms with Crippen molar-refractivity contribution in [3.8, 4) is 16.5 Å². The fourth-order valence-corrected chi connectivity index (χ4v) is 6.04. The predicted octanol–water partition coefficient (Wildman–Crippen LogP) is 1.36. The Morgan fingerprint density at radius 3 is 2.79 bits per heavy atom. The minimum Gasteiger partial charge on any atom is -0.389 e. The van der Waals surface area contributed by atoms with Gasteiger partial charge in [0, 0.05) is 11.9 Å². The van der Waals surface area contributed by atoms with E-state index in [0.29, 0.717) is 29.4 Å². The van der Waals surface area contributed by atoms with Gasteiger partial charge in [0.05, 0.1) is 35.0 Å². The SMILES string of the molecule is CNc1nc(-n2cc(-c3ccc(C)s3)nn2)nc2c1ncn2[C@@H]1C2C[C@]2(C(C)=O)C(O)[C@H]1O. The van der Waals surface area contributed by atoms with Crippen LogP contribution in [0.2, 0.25) is 0 Å². The van der Waals surface area contributed by atoms with Crippen LogP contribution in [0.4, 0.5) is 5.82 Å². The van der Waals surface area contributed by atoms with Crippen LogP contribution in [0.15, 0.2) is 24.7 Å². The Balaban J connectivity index is 1.45. The standard InChI is InChI=1S/C21H22N8O3S/c1-9-4-5-13(33-9)12-7-29(27-26-12)20-24-18(22-3)14-19(25-20)28(8-23-14)15-11-6-21(11,10(2)30)17(32)16(15)31/h4-5,7-8,11,15-17,31-32H,6H2,1-3H3,(H,22,24,25)/t11?,15-,16+,17?,21-/m1/s1. The van der Waals surface area contributed by atoms with Crippen molar-refractivity contribution in [3.63, 3.8) is 0 Å². The van der Waals surface area contributed by atoms with Gasteiger partial charge in [-0.15, -0.1) is 16.4 Å². The van der Waals surface area contributed by atoms with E-state index in [1.807, 2.05) is 19.1 Å². The predicted molar refractivity (Wildman–Crippen MR) is 120 cm³/mol. The first-order chi connectivity index (χ1) is 15.8. The number of Topliss-reactive ketones (excluding diaryl/α,β-unsaturated/α-hetero) is 1. The van der Waals surface area contributed by atoms with Crippen molar-refractivity contribution in [3.05, 3.63) is 29.5 Å². The van der Waals surface area contributed by atoms with Gasteiger partial charge in [0.15, 0.2) is 17.0 Å². The van der Waals surface area contributed by atoms with Crippen molar-refractivity contribution in [2.24, 2.45) is 11.3 Å². The summed E-state index contributed by atoms with van der Waals surface area (Å²) in [5.41, 5.74) is 0.839. The second kappa shape index (κ2) is 6.89. The highest BCUT2D eigenvalue weighted by atomic mass is 32.1. The zero-order valence-electron chi connectivity index (χ0n) is 18.2. The van der Waals surface area contributed by atoms with Crippen LogP contribution in [0.1, 0.15) is 24.3 Å². The first-order valence-electron chi connectivity index (χ1n) is 10.6. The monoisotopic (exact) mass is 466 g/mol. The summed E-state index contributed by atoms with van der Waals surface area (Å²) in [5, 5.41) is 33.0. The first kappa shape index (κ1) is 20.4. The molecule has 2 aliphatic rings. The van der Waals surface area contributed by atoms with E-state index in [4.69, 9.17) is 0 Å². The number of rotatable bonds is 5. The van der Waals surface area contributed by atoms with Crippen LogP contribution in [-0.4, -0.2) is 69.8 Å². The van der Waals surface area contributed by atoms with E-state index >= 15 is 0 Å². The molecule has 2 fully saturated rings. The number of thiophene rings is 1. The topological polar surface area (TPSA) is 144 Å². The van der Waals surface area contributed by atoms with E-state index < -0.39 is 23.7 Å². The van der Waals surface area contributed by atoms with Gasteiger partial charge in [-0.05, 0) is 38.3 Å². The maximum atomic E-state index is 12.3. The van der Waals surface area contributed by atoms with E-state index in [1.54, 1.807) is 35.5 Å². The molecule has 0 bridgehead atoms. The third-order valence-corrected chi connectivity index (χ3v) is 8.01. The molecule has 170 valence electrons. The van der Waals surface area contributed by atoms with Crippen LogP contribution < -0.4 is 5.32 Å². The molecule has 2 aliphatic carbocycles. The molecule has 4 aromatic rings. The van der Waals surface area contributed by atoms with Crippen molar-refractivity contribution in [1.29, 1.82) is 0 Å². The lowest BCUT2D eigenvalue weighted by atomic mass is 9.95. The molecule has 2 unspecified atom stereocenters. The zero-order valence-corrected chi connectivity index (χ0v) is 19.0. The number of aliphatic hydroxyl groups is 2. The number of carbonyl (C=O) groups is 1. The van der Waals surface area contributed by atoms with Gasteiger partial charge < -0.3 is 20.1 Å². The molecule has 12 heteroatoms. The molecular formula is C21H22N8O3S. The Bertz CT molecular complexity index is 1410. The zero-order chi connectivity index (χ0) is 23.1. The lowest BCUT2D eigenvalue weighted by Gasteiger charge is -2.23. The van der Waals surface area contributed by atoms with Gasteiger partial charge in [-0.1, -0.05) is 5.21 Å². The molecule has 3 N–H and O–H groups in total. The first-order valence-corrected chi connectivity index (χ1v) is 11.5. The fourth-order valence-electron chi connectivity index (χ4n) is 5.22. The van der Waals surface area contributed by atoms with Gasteiger partial charge in [-0.2, -0.15) is 14.6 Å². The number of anilines is 1. The number of imidazole rings is 1. The minimum absolute atomic E-state index is 0.101. The average molecular weight is 467 g/mol. The number of nitrogens with zero attached hydrogens (tertiary/aromatic N) is 7. The Morgan fingerprint density at radius 1 is 1.30 bits per heavy atom. The summed E-state index contributed by atoms with van der Waals surface area (Å²) in [6.07, 6.45) is 1.68. The molecule has 0 saturated heterocycles. The number of ketones is 1. The molecule has 0 radical (unpaired) electrons. The van der Waals surface area contributed by atoms with Crippen LogP contribution in [0.25, 0.3) is 27.7 Å². The van der Waals surface area contributed by atoms with Gasteiger partial charge in [0.2, 0.25) is 0 Å². The molecule has 11 nitrogen and oxygen atoms in total. The van der Waals surface area contributed by atoms with Crippen LogP contribution in [0.3, 0.4) is 0 Å². The Kier molecular flexibility index (Phi) is 4.26. The number of aryl methyl sites for hydroxylation is 1. The molecule has 5 atom stereocenters. The third kappa shape index (κ3) is 2.74. The summed E-state index contributed by atoms with van der Waals surface area (Å²) in [7, 11) is 1.74. The van der Waals surface area contributed by atoms with Gasteiger partial charge in [0.25, 0.3) is 5.95 Å². The second-order valence-corrected chi connectivity index (χ2v) is 10.0. The van der Waals surface area contributed by atoms with E-state index in [0.717, 1.165) is 10.6 Å². The number of aliphatic hydroxyl groups excluding tert-OH is 2. The summed E-state index contributed by atoms with van der Waals surface area (Å²) in [6.45, 7) is 3.51. The molecule has 0 aliphatic heterocycles. The maximum absolute atomic E-state index is 12.3. The number of carbonyl (C=O) groups excluding carboxylic acids is 1. The number of hydrogen-bond acceptors (Lipinski definition) is 10. The van der Waals surface area contributed by atoms with Gasteiger partial charge >= 0.3 is 0 Å². The molecule has 0 spiro atoms. The van der Waals surface area contributed by atoms with Crippen LogP contribution in [0, 0.1) is 18.3 Å². The average Bonchev–Trinajstić information content (AvgIpc) is 3.20.